The zero-order chi connectivity index (χ0) is 18.5. The van der Waals surface area contributed by atoms with Crippen LogP contribution in [-0.4, -0.2) is 42.9 Å². The molecule has 1 aliphatic heterocycles. The van der Waals surface area contributed by atoms with Crippen molar-refractivity contribution in [3.05, 3.63) is 53.4 Å². The van der Waals surface area contributed by atoms with Gasteiger partial charge in [-0.2, -0.15) is 4.98 Å². The Balaban J connectivity index is 1.52. The summed E-state index contributed by atoms with van der Waals surface area (Å²) in [7, 11) is 0. The third-order valence-electron chi connectivity index (χ3n) is 4.69. The number of likely N-dealkylation sites (tertiary alicyclic amines) is 1. The highest BCUT2D eigenvalue weighted by Crippen LogP contribution is 2.23. The van der Waals surface area contributed by atoms with E-state index >= 15 is 0 Å². The van der Waals surface area contributed by atoms with Gasteiger partial charge in [-0.1, -0.05) is 54.2 Å². The van der Waals surface area contributed by atoms with Crippen LogP contribution in [-0.2, 0) is 25.3 Å². The fourth-order valence-electron chi connectivity index (χ4n) is 3.23. The molecule has 27 heavy (non-hydrogen) atoms. The van der Waals surface area contributed by atoms with E-state index in [9.17, 15) is 0 Å². The highest BCUT2D eigenvalue weighted by molar-refractivity contribution is 7.98. The van der Waals surface area contributed by atoms with Crippen molar-refractivity contribution in [3.63, 3.8) is 0 Å². The van der Waals surface area contributed by atoms with Gasteiger partial charge in [0.1, 0.15) is 5.82 Å². The molecule has 0 bridgehead atoms. The Bertz CT molecular complexity index is 856. The first-order valence-electron chi connectivity index (χ1n) is 9.44. The Morgan fingerprint density at radius 3 is 2.63 bits per heavy atom. The lowest BCUT2D eigenvalue weighted by molar-refractivity contribution is 0.316. The van der Waals surface area contributed by atoms with Crippen molar-refractivity contribution in [3.8, 4) is 0 Å². The Hall–Kier alpha value is -2.19. The summed E-state index contributed by atoms with van der Waals surface area (Å²) in [5.74, 6) is 2.99. The maximum Gasteiger partial charge on any atom is 0.237 e. The molecular formula is C19H24N6OS. The summed E-state index contributed by atoms with van der Waals surface area (Å²) in [5.41, 5.74) is 1.24. The molecule has 0 spiro atoms. The summed E-state index contributed by atoms with van der Waals surface area (Å²) in [6.07, 6.45) is 3.31. The maximum atomic E-state index is 5.30. The zero-order valence-electron chi connectivity index (χ0n) is 15.5. The molecule has 3 heterocycles. The molecule has 0 radical (unpaired) electrons. The Morgan fingerprint density at radius 2 is 1.89 bits per heavy atom. The highest BCUT2D eigenvalue weighted by Gasteiger charge is 2.19. The quantitative estimate of drug-likeness (QED) is 0.552. The van der Waals surface area contributed by atoms with E-state index in [1.807, 2.05) is 13.0 Å². The largest absolute Gasteiger partial charge is 0.338 e. The van der Waals surface area contributed by atoms with Crippen LogP contribution in [0.2, 0.25) is 0 Å². The molecule has 0 amide bonds. The molecule has 0 N–H and O–H groups in total. The van der Waals surface area contributed by atoms with Gasteiger partial charge in [0.2, 0.25) is 5.89 Å². The Kier molecular flexibility index (Phi) is 5.84. The number of aromatic nitrogens is 5. The summed E-state index contributed by atoms with van der Waals surface area (Å²) in [6, 6.07) is 10.4. The minimum Gasteiger partial charge on any atom is -0.338 e. The van der Waals surface area contributed by atoms with Crippen LogP contribution in [0, 0.1) is 0 Å². The van der Waals surface area contributed by atoms with Crippen molar-refractivity contribution in [2.45, 2.75) is 50.2 Å². The lowest BCUT2D eigenvalue weighted by Crippen LogP contribution is -2.21. The van der Waals surface area contributed by atoms with Gasteiger partial charge < -0.3 is 9.09 Å². The molecular weight excluding hydrogens is 360 g/mol. The second-order valence-corrected chi connectivity index (χ2v) is 7.64. The van der Waals surface area contributed by atoms with Crippen molar-refractivity contribution >= 4 is 11.8 Å². The summed E-state index contributed by atoms with van der Waals surface area (Å²) in [5, 5.41) is 13.8. The predicted molar refractivity (Wildman–Crippen MR) is 103 cm³/mol. The van der Waals surface area contributed by atoms with Crippen LogP contribution in [0.4, 0.5) is 0 Å². The molecule has 8 heteroatoms. The van der Waals surface area contributed by atoms with Crippen LogP contribution in [0.5, 0.6) is 0 Å². The van der Waals surface area contributed by atoms with Crippen LogP contribution >= 0.6 is 11.8 Å². The van der Waals surface area contributed by atoms with Gasteiger partial charge in [0.05, 0.1) is 18.8 Å². The summed E-state index contributed by atoms with van der Waals surface area (Å²) in [4.78, 5) is 6.83. The van der Waals surface area contributed by atoms with Crippen molar-refractivity contribution in [1.82, 2.24) is 29.8 Å². The van der Waals surface area contributed by atoms with Crippen LogP contribution in [0.3, 0.4) is 0 Å². The van der Waals surface area contributed by atoms with E-state index in [-0.39, 0.29) is 0 Å². The monoisotopic (exact) mass is 384 g/mol. The van der Waals surface area contributed by atoms with Crippen LogP contribution in [0.25, 0.3) is 0 Å². The van der Waals surface area contributed by atoms with Crippen molar-refractivity contribution < 1.29 is 4.52 Å². The lowest BCUT2D eigenvalue weighted by Gasteiger charge is -2.15. The molecule has 1 fully saturated rings. The van der Waals surface area contributed by atoms with Crippen LogP contribution < -0.4 is 0 Å². The molecule has 142 valence electrons. The average Bonchev–Trinajstić information content (AvgIpc) is 3.44. The second-order valence-electron chi connectivity index (χ2n) is 6.70. The van der Waals surface area contributed by atoms with Gasteiger partial charge in [-0.25, -0.2) is 0 Å². The van der Waals surface area contributed by atoms with Gasteiger partial charge in [-0.3, -0.25) is 4.90 Å². The first-order chi connectivity index (χ1) is 13.3. The van der Waals surface area contributed by atoms with Gasteiger partial charge in [0.15, 0.2) is 11.0 Å². The number of rotatable bonds is 8. The van der Waals surface area contributed by atoms with Crippen molar-refractivity contribution in [1.29, 1.82) is 0 Å². The molecule has 0 aliphatic carbocycles. The lowest BCUT2D eigenvalue weighted by atomic mass is 10.2. The second kappa shape index (κ2) is 8.67. The van der Waals surface area contributed by atoms with E-state index in [0.717, 1.165) is 49.4 Å². The van der Waals surface area contributed by atoms with E-state index < -0.39 is 0 Å². The smallest absolute Gasteiger partial charge is 0.237 e. The van der Waals surface area contributed by atoms with E-state index in [1.165, 1.54) is 18.4 Å². The van der Waals surface area contributed by atoms with Crippen LogP contribution in [0.1, 0.15) is 42.9 Å². The van der Waals surface area contributed by atoms with Crippen molar-refractivity contribution in [2.24, 2.45) is 0 Å². The third kappa shape index (κ3) is 4.56. The van der Waals surface area contributed by atoms with Crippen LogP contribution in [0.15, 0.2) is 40.0 Å². The minimum atomic E-state index is 0.601. The topological polar surface area (TPSA) is 72.9 Å². The number of nitrogens with zero attached hydrogens (tertiary/aromatic N) is 6. The fraction of sp³-hybridized carbons (Fsp3) is 0.474. The number of aryl methyl sites for hydroxylation is 1. The summed E-state index contributed by atoms with van der Waals surface area (Å²) < 4.78 is 7.52. The van der Waals surface area contributed by atoms with Gasteiger partial charge in [-0.15, -0.1) is 10.2 Å². The summed E-state index contributed by atoms with van der Waals surface area (Å²) in [6.45, 7) is 5.91. The maximum absolute atomic E-state index is 5.30. The SMILES string of the molecule is CCc1noc(CSc2nnc(CN3CCCC3)n2Cc2ccccc2)n1. The Labute approximate surface area is 163 Å². The zero-order valence-corrected chi connectivity index (χ0v) is 16.4. The molecule has 2 aromatic heterocycles. The van der Waals surface area contributed by atoms with E-state index in [2.05, 4.69) is 54.1 Å². The Morgan fingerprint density at radius 1 is 1.07 bits per heavy atom. The number of thioether (sulfide) groups is 1. The minimum absolute atomic E-state index is 0.601. The predicted octanol–water partition coefficient (Wildman–Crippen LogP) is 3.16. The van der Waals surface area contributed by atoms with Gasteiger partial charge >= 0.3 is 0 Å². The number of hydrogen-bond donors (Lipinski definition) is 0. The van der Waals surface area contributed by atoms with E-state index in [4.69, 9.17) is 4.52 Å². The molecule has 0 saturated carbocycles. The average molecular weight is 385 g/mol. The molecule has 3 aromatic rings. The van der Waals surface area contributed by atoms with E-state index in [1.54, 1.807) is 11.8 Å². The normalized spacial score (nSPS) is 14.9. The molecule has 7 nitrogen and oxygen atoms in total. The first kappa shape index (κ1) is 18.2. The van der Waals surface area contributed by atoms with Crippen molar-refractivity contribution in [2.75, 3.05) is 13.1 Å². The highest BCUT2D eigenvalue weighted by atomic mass is 32.2. The number of benzene rings is 1. The first-order valence-corrected chi connectivity index (χ1v) is 10.4. The van der Waals surface area contributed by atoms with Gasteiger partial charge in [-0.05, 0) is 31.5 Å². The van der Waals surface area contributed by atoms with Gasteiger partial charge in [0, 0.05) is 6.42 Å². The van der Waals surface area contributed by atoms with Gasteiger partial charge in [0.25, 0.3) is 0 Å². The standard InChI is InChI=1S/C19H24N6OS/c1-2-16-20-18(26-23-16)14-27-19-22-21-17(13-24-10-6-7-11-24)25(19)12-15-8-4-3-5-9-15/h3-5,8-9H,2,6-7,10-14H2,1H3. The molecule has 0 unspecified atom stereocenters. The molecule has 0 atom stereocenters. The fourth-order valence-corrected chi connectivity index (χ4v) is 4.02. The van der Waals surface area contributed by atoms with E-state index in [0.29, 0.717) is 11.6 Å². The molecule has 1 aromatic carbocycles. The summed E-state index contributed by atoms with van der Waals surface area (Å²) >= 11 is 1.60. The molecule has 1 aliphatic rings. The number of hydrogen-bond acceptors (Lipinski definition) is 7. The molecule has 4 rings (SSSR count). The molecule has 1 saturated heterocycles. The third-order valence-corrected chi connectivity index (χ3v) is 5.64.